The number of hydrogen-bond donors (Lipinski definition) is 1. The number of rotatable bonds is 3. The van der Waals surface area contributed by atoms with Crippen molar-refractivity contribution in [3.05, 3.63) is 53.3 Å². The monoisotopic (exact) mass is 234 g/mol. The maximum atomic E-state index is 6.03. The van der Waals surface area contributed by atoms with Gasteiger partial charge in [0.25, 0.3) is 0 Å². The summed E-state index contributed by atoms with van der Waals surface area (Å²) in [5.74, 6) is 0. The molecule has 2 aromatic heterocycles. The summed E-state index contributed by atoms with van der Waals surface area (Å²) in [4.78, 5) is 11.9. The molecule has 5 heteroatoms. The fourth-order valence-corrected chi connectivity index (χ4v) is 1.63. The number of hydrogen-bond acceptors (Lipinski definition) is 4. The summed E-state index contributed by atoms with van der Waals surface area (Å²) in [6, 6.07) is 3.49. The molecule has 0 aliphatic heterocycles. The van der Waals surface area contributed by atoms with E-state index in [9.17, 15) is 0 Å². The molecule has 16 heavy (non-hydrogen) atoms. The van der Waals surface area contributed by atoms with E-state index in [2.05, 4.69) is 15.0 Å². The normalized spacial score (nSPS) is 12.4. The van der Waals surface area contributed by atoms with Crippen molar-refractivity contribution < 1.29 is 0 Å². The molecule has 1 unspecified atom stereocenters. The lowest BCUT2D eigenvalue weighted by molar-refractivity contribution is 0.692. The van der Waals surface area contributed by atoms with Gasteiger partial charge in [-0.05, 0) is 24.1 Å². The first-order valence-electron chi connectivity index (χ1n) is 4.87. The van der Waals surface area contributed by atoms with Gasteiger partial charge in [0, 0.05) is 18.6 Å². The van der Waals surface area contributed by atoms with Crippen molar-refractivity contribution in [2.45, 2.75) is 12.5 Å². The lowest BCUT2D eigenvalue weighted by Gasteiger charge is -2.11. The molecule has 2 rings (SSSR count). The molecule has 0 amide bonds. The van der Waals surface area contributed by atoms with Gasteiger partial charge in [0.1, 0.15) is 6.33 Å². The van der Waals surface area contributed by atoms with Crippen molar-refractivity contribution in [1.29, 1.82) is 0 Å². The zero-order chi connectivity index (χ0) is 11.4. The lowest BCUT2D eigenvalue weighted by Crippen LogP contribution is -2.15. The minimum absolute atomic E-state index is 0.178. The predicted molar refractivity (Wildman–Crippen MR) is 61.9 cm³/mol. The third-order valence-electron chi connectivity index (χ3n) is 2.28. The van der Waals surface area contributed by atoms with E-state index >= 15 is 0 Å². The molecular formula is C11H11ClN4. The predicted octanol–water partition coefficient (Wildman–Crippen LogP) is 1.77. The van der Waals surface area contributed by atoms with Crippen LogP contribution in [-0.4, -0.2) is 15.0 Å². The van der Waals surface area contributed by atoms with E-state index in [1.165, 1.54) is 6.33 Å². The zero-order valence-corrected chi connectivity index (χ0v) is 9.30. The first-order valence-corrected chi connectivity index (χ1v) is 5.25. The van der Waals surface area contributed by atoms with E-state index in [1.54, 1.807) is 24.7 Å². The first kappa shape index (κ1) is 11.0. The van der Waals surface area contributed by atoms with Crippen LogP contribution in [0.5, 0.6) is 0 Å². The van der Waals surface area contributed by atoms with Crippen LogP contribution in [-0.2, 0) is 6.42 Å². The standard InChI is InChI=1S/C11H11ClN4/c12-9-6-14-3-1-8(9)5-10(13)11-2-4-15-7-16-11/h1-4,6-7,10H,5,13H2. The number of aromatic nitrogens is 3. The Morgan fingerprint density at radius 2 is 2.06 bits per heavy atom. The highest BCUT2D eigenvalue weighted by molar-refractivity contribution is 6.31. The van der Waals surface area contributed by atoms with Crippen LogP contribution in [0.2, 0.25) is 5.02 Å². The molecule has 0 aromatic carbocycles. The summed E-state index contributed by atoms with van der Waals surface area (Å²) in [6.45, 7) is 0. The smallest absolute Gasteiger partial charge is 0.115 e. The molecule has 0 saturated heterocycles. The molecule has 0 saturated carbocycles. The fraction of sp³-hybridized carbons (Fsp3) is 0.182. The van der Waals surface area contributed by atoms with Crippen LogP contribution in [0.3, 0.4) is 0 Å². The summed E-state index contributed by atoms with van der Waals surface area (Å²) in [6.07, 6.45) is 7.12. The highest BCUT2D eigenvalue weighted by Gasteiger charge is 2.10. The van der Waals surface area contributed by atoms with Crippen LogP contribution in [0.15, 0.2) is 37.1 Å². The molecule has 2 aromatic rings. The lowest BCUT2D eigenvalue weighted by atomic mass is 10.1. The van der Waals surface area contributed by atoms with Crippen LogP contribution in [0.1, 0.15) is 17.3 Å². The summed E-state index contributed by atoms with van der Waals surface area (Å²) < 4.78 is 0. The summed E-state index contributed by atoms with van der Waals surface area (Å²) in [7, 11) is 0. The Labute approximate surface area is 98.5 Å². The quantitative estimate of drug-likeness (QED) is 0.879. The number of pyridine rings is 1. The second-order valence-corrected chi connectivity index (χ2v) is 3.82. The second kappa shape index (κ2) is 5.01. The third kappa shape index (κ3) is 2.53. The molecule has 2 N–H and O–H groups in total. The third-order valence-corrected chi connectivity index (χ3v) is 2.62. The maximum Gasteiger partial charge on any atom is 0.115 e. The van der Waals surface area contributed by atoms with Crippen LogP contribution in [0, 0.1) is 0 Å². The van der Waals surface area contributed by atoms with Crippen LogP contribution < -0.4 is 5.73 Å². The summed E-state index contributed by atoms with van der Waals surface area (Å²) in [5, 5.41) is 0.631. The molecule has 0 radical (unpaired) electrons. The molecule has 0 bridgehead atoms. The first-order chi connectivity index (χ1) is 7.77. The Balaban J connectivity index is 2.14. The fourth-order valence-electron chi connectivity index (χ4n) is 1.43. The van der Waals surface area contributed by atoms with Crippen molar-refractivity contribution in [3.8, 4) is 0 Å². The largest absolute Gasteiger partial charge is 0.322 e. The SMILES string of the molecule is NC(Cc1ccncc1Cl)c1ccncn1. The van der Waals surface area contributed by atoms with Gasteiger partial charge in [-0.1, -0.05) is 11.6 Å². The summed E-state index contributed by atoms with van der Waals surface area (Å²) >= 11 is 6.00. The van der Waals surface area contributed by atoms with E-state index < -0.39 is 0 Å². The zero-order valence-electron chi connectivity index (χ0n) is 8.55. The maximum absolute atomic E-state index is 6.03. The average molecular weight is 235 g/mol. The Kier molecular flexibility index (Phi) is 3.44. The minimum atomic E-state index is -0.178. The van der Waals surface area contributed by atoms with Crippen molar-refractivity contribution in [3.63, 3.8) is 0 Å². The molecule has 0 fully saturated rings. The van der Waals surface area contributed by atoms with Gasteiger partial charge in [-0.2, -0.15) is 0 Å². The van der Waals surface area contributed by atoms with Gasteiger partial charge in [0.2, 0.25) is 0 Å². The molecule has 82 valence electrons. The van der Waals surface area contributed by atoms with Gasteiger partial charge in [0.05, 0.1) is 16.8 Å². The molecule has 0 aliphatic rings. The van der Waals surface area contributed by atoms with Gasteiger partial charge in [0.15, 0.2) is 0 Å². The van der Waals surface area contributed by atoms with Gasteiger partial charge in [-0.15, -0.1) is 0 Å². The van der Waals surface area contributed by atoms with E-state index in [-0.39, 0.29) is 6.04 Å². The molecule has 0 spiro atoms. The highest BCUT2D eigenvalue weighted by Crippen LogP contribution is 2.19. The van der Waals surface area contributed by atoms with Crippen LogP contribution in [0.25, 0.3) is 0 Å². The number of halogens is 1. The number of nitrogens with zero attached hydrogens (tertiary/aromatic N) is 3. The second-order valence-electron chi connectivity index (χ2n) is 3.41. The van der Waals surface area contributed by atoms with E-state index in [4.69, 9.17) is 17.3 Å². The van der Waals surface area contributed by atoms with Crippen molar-refractivity contribution >= 4 is 11.6 Å². The summed E-state index contributed by atoms with van der Waals surface area (Å²) in [5.41, 5.74) is 7.81. The van der Waals surface area contributed by atoms with Gasteiger partial charge in [-0.25, -0.2) is 9.97 Å². The van der Waals surface area contributed by atoms with Crippen molar-refractivity contribution in [2.75, 3.05) is 0 Å². The molecule has 0 aliphatic carbocycles. The topological polar surface area (TPSA) is 64.7 Å². The van der Waals surface area contributed by atoms with Crippen LogP contribution in [0.4, 0.5) is 0 Å². The van der Waals surface area contributed by atoms with Gasteiger partial charge >= 0.3 is 0 Å². The van der Waals surface area contributed by atoms with E-state index in [1.807, 2.05) is 6.07 Å². The highest BCUT2D eigenvalue weighted by atomic mass is 35.5. The average Bonchev–Trinajstić information content (AvgIpc) is 2.33. The van der Waals surface area contributed by atoms with Gasteiger partial charge < -0.3 is 5.73 Å². The van der Waals surface area contributed by atoms with Crippen LogP contribution >= 0.6 is 11.6 Å². The Hall–Kier alpha value is -1.52. The Morgan fingerprint density at radius 1 is 1.25 bits per heavy atom. The molecule has 2 heterocycles. The van der Waals surface area contributed by atoms with Crippen molar-refractivity contribution in [2.24, 2.45) is 5.73 Å². The molecule has 4 nitrogen and oxygen atoms in total. The molecular weight excluding hydrogens is 224 g/mol. The van der Waals surface area contributed by atoms with E-state index in [0.717, 1.165) is 11.3 Å². The van der Waals surface area contributed by atoms with E-state index in [0.29, 0.717) is 11.4 Å². The Bertz CT molecular complexity index is 461. The number of nitrogens with two attached hydrogens (primary N) is 1. The van der Waals surface area contributed by atoms with Crippen molar-refractivity contribution in [1.82, 2.24) is 15.0 Å². The van der Waals surface area contributed by atoms with Gasteiger partial charge in [-0.3, -0.25) is 4.98 Å². The minimum Gasteiger partial charge on any atom is -0.322 e. The molecule has 1 atom stereocenters. The Morgan fingerprint density at radius 3 is 2.75 bits per heavy atom.